The van der Waals surface area contributed by atoms with Crippen molar-refractivity contribution in [2.45, 2.75) is 25.9 Å². The summed E-state index contributed by atoms with van der Waals surface area (Å²) in [5.74, 6) is 0.439. The fourth-order valence-corrected chi connectivity index (χ4v) is 4.53. The lowest BCUT2D eigenvalue weighted by molar-refractivity contribution is -0.137. The molecule has 0 radical (unpaired) electrons. The third-order valence-corrected chi connectivity index (χ3v) is 6.52. The van der Waals surface area contributed by atoms with Crippen LogP contribution in [-0.4, -0.2) is 64.0 Å². The molecule has 1 N–H and O–H groups in total. The van der Waals surface area contributed by atoms with Gasteiger partial charge in [0.1, 0.15) is 11.9 Å². The summed E-state index contributed by atoms with van der Waals surface area (Å²) in [5.41, 5.74) is 2.36. The number of halogens is 1. The van der Waals surface area contributed by atoms with Gasteiger partial charge in [-0.1, -0.05) is 47.6 Å². The van der Waals surface area contributed by atoms with Gasteiger partial charge in [0.05, 0.1) is 6.26 Å². The Morgan fingerprint density at radius 1 is 1.03 bits per heavy atom. The molecule has 38 heavy (non-hydrogen) atoms. The molecule has 2 aromatic carbocycles. The maximum Gasteiger partial charge on any atom is 0.293 e. The minimum Gasteiger partial charge on any atom is -0.459 e. The first-order valence-electron chi connectivity index (χ1n) is 12.4. The van der Waals surface area contributed by atoms with Crippen LogP contribution in [0.25, 0.3) is 23.0 Å². The first-order valence-corrected chi connectivity index (χ1v) is 12.4. The molecule has 0 aliphatic carbocycles. The summed E-state index contributed by atoms with van der Waals surface area (Å²) in [5, 5.41) is 6.73. The van der Waals surface area contributed by atoms with E-state index < -0.39 is 6.04 Å². The van der Waals surface area contributed by atoms with Crippen molar-refractivity contribution in [2.24, 2.45) is 0 Å². The number of carbonyl (C=O) groups is 2. The lowest BCUT2D eigenvalue weighted by Gasteiger charge is -2.36. The number of aromatic nitrogens is 2. The molecule has 4 aromatic rings. The summed E-state index contributed by atoms with van der Waals surface area (Å²) in [7, 11) is 0. The number of nitrogens with one attached hydrogen (secondary N) is 1. The number of piperazine rings is 1. The summed E-state index contributed by atoms with van der Waals surface area (Å²) >= 11 is 0. The summed E-state index contributed by atoms with van der Waals surface area (Å²) in [4.78, 5) is 33.4. The maximum absolute atomic E-state index is 14.2. The van der Waals surface area contributed by atoms with E-state index in [1.807, 2.05) is 24.3 Å². The van der Waals surface area contributed by atoms with E-state index in [0.29, 0.717) is 49.2 Å². The van der Waals surface area contributed by atoms with E-state index in [4.69, 9.17) is 8.94 Å². The molecule has 196 valence electrons. The van der Waals surface area contributed by atoms with Crippen LogP contribution in [0.1, 0.15) is 18.1 Å². The zero-order chi connectivity index (χ0) is 26.5. The van der Waals surface area contributed by atoms with Gasteiger partial charge in [0.2, 0.25) is 17.6 Å². The van der Waals surface area contributed by atoms with Crippen LogP contribution in [0, 0.1) is 5.82 Å². The zero-order valence-corrected chi connectivity index (χ0v) is 21.0. The molecule has 1 atom stereocenters. The van der Waals surface area contributed by atoms with Gasteiger partial charge in [-0.05, 0) is 29.3 Å². The molecule has 1 aliphatic heterocycles. The van der Waals surface area contributed by atoms with Gasteiger partial charge in [0.25, 0.3) is 5.89 Å². The summed E-state index contributed by atoms with van der Waals surface area (Å²) in [6.45, 7) is 4.54. The van der Waals surface area contributed by atoms with Crippen molar-refractivity contribution in [1.82, 2.24) is 25.3 Å². The van der Waals surface area contributed by atoms with Crippen molar-refractivity contribution in [3.05, 3.63) is 83.9 Å². The largest absolute Gasteiger partial charge is 0.459 e. The normalized spacial score (nSPS) is 14.8. The van der Waals surface area contributed by atoms with Crippen LogP contribution in [-0.2, 0) is 22.6 Å². The molecule has 0 bridgehead atoms. The quantitative estimate of drug-likeness (QED) is 0.381. The number of amides is 2. The van der Waals surface area contributed by atoms with E-state index >= 15 is 0 Å². The Kier molecular flexibility index (Phi) is 7.60. The molecule has 0 saturated carbocycles. The van der Waals surface area contributed by atoms with Crippen molar-refractivity contribution in [2.75, 3.05) is 26.2 Å². The molecule has 10 heteroatoms. The van der Waals surface area contributed by atoms with Gasteiger partial charge in [-0.15, -0.1) is 0 Å². The Morgan fingerprint density at radius 2 is 1.79 bits per heavy atom. The highest BCUT2D eigenvalue weighted by molar-refractivity contribution is 5.87. The van der Waals surface area contributed by atoms with Gasteiger partial charge in [-0.25, -0.2) is 4.39 Å². The van der Waals surface area contributed by atoms with E-state index in [9.17, 15) is 14.0 Å². The molecule has 2 amide bonds. The second-order valence-electron chi connectivity index (χ2n) is 9.25. The third-order valence-electron chi connectivity index (χ3n) is 6.52. The number of carbonyl (C=O) groups excluding carboxylic acids is 2. The highest BCUT2D eigenvalue weighted by Gasteiger charge is 2.29. The number of nitrogens with zero attached hydrogens (tertiary/aromatic N) is 4. The lowest BCUT2D eigenvalue weighted by Crippen LogP contribution is -2.55. The van der Waals surface area contributed by atoms with Gasteiger partial charge in [-0.3, -0.25) is 14.5 Å². The smallest absolute Gasteiger partial charge is 0.293 e. The Morgan fingerprint density at radius 3 is 2.47 bits per heavy atom. The summed E-state index contributed by atoms with van der Waals surface area (Å²) in [6, 6.07) is 17.0. The van der Waals surface area contributed by atoms with E-state index in [2.05, 4.69) is 20.4 Å². The van der Waals surface area contributed by atoms with Crippen molar-refractivity contribution < 1.29 is 22.9 Å². The van der Waals surface area contributed by atoms with E-state index in [1.165, 1.54) is 13.0 Å². The predicted molar refractivity (Wildman–Crippen MR) is 137 cm³/mol. The average Bonchev–Trinajstić information content (AvgIpc) is 3.63. The highest BCUT2D eigenvalue weighted by atomic mass is 19.1. The van der Waals surface area contributed by atoms with Gasteiger partial charge in [0, 0.05) is 51.6 Å². The lowest BCUT2D eigenvalue weighted by atomic mass is 10.0. The molecule has 1 saturated heterocycles. The van der Waals surface area contributed by atoms with Crippen LogP contribution >= 0.6 is 0 Å². The fraction of sp³-hybridized carbons (Fsp3) is 0.286. The van der Waals surface area contributed by atoms with Gasteiger partial charge < -0.3 is 19.2 Å². The summed E-state index contributed by atoms with van der Waals surface area (Å²) < 4.78 is 24.8. The highest BCUT2D eigenvalue weighted by Crippen LogP contribution is 2.23. The molecule has 1 fully saturated rings. The topological polar surface area (TPSA) is 105 Å². The van der Waals surface area contributed by atoms with Gasteiger partial charge >= 0.3 is 0 Å². The number of hydrogen-bond acceptors (Lipinski definition) is 7. The molecule has 9 nitrogen and oxygen atoms in total. The van der Waals surface area contributed by atoms with Crippen LogP contribution < -0.4 is 5.32 Å². The standard InChI is InChI=1S/C28H28FN5O4/c1-19(35)30-24(17-22-5-2-3-6-23(22)29)28(36)34-14-12-33(13-15-34)18-20-8-10-21(11-9-20)26-31-27(38-32-26)25-7-4-16-37-25/h2-11,16,24H,12-15,17-18H2,1H3,(H,30,35). The second-order valence-corrected chi connectivity index (χ2v) is 9.25. The minimum atomic E-state index is -0.804. The van der Waals surface area contributed by atoms with Crippen LogP contribution in [0.3, 0.4) is 0 Å². The van der Waals surface area contributed by atoms with Crippen LogP contribution in [0.5, 0.6) is 0 Å². The van der Waals surface area contributed by atoms with Crippen LogP contribution in [0.2, 0.25) is 0 Å². The van der Waals surface area contributed by atoms with Crippen molar-refractivity contribution in [3.63, 3.8) is 0 Å². The van der Waals surface area contributed by atoms with Crippen LogP contribution in [0.15, 0.2) is 75.9 Å². The van der Waals surface area contributed by atoms with E-state index in [0.717, 1.165) is 17.7 Å². The SMILES string of the molecule is CC(=O)NC(Cc1ccccc1F)C(=O)N1CCN(Cc2ccc(-c3noc(-c4ccco4)n3)cc2)CC1. The molecular weight excluding hydrogens is 489 g/mol. The maximum atomic E-state index is 14.2. The first kappa shape index (κ1) is 25.3. The molecular formula is C28H28FN5O4. The Bertz CT molecular complexity index is 1380. The minimum absolute atomic E-state index is 0.112. The summed E-state index contributed by atoms with van der Waals surface area (Å²) in [6.07, 6.45) is 1.66. The fourth-order valence-electron chi connectivity index (χ4n) is 4.53. The average molecular weight is 518 g/mol. The predicted octanol–water partition coefficient (Wildman–Crippen LogP) is 3.53. The van der Waals surface area contributed by atoms with Crippen LogP contribution in [0.4, 0.5) is 4.39 Å². The molecule has 0 spiro atoms. The number of hydrogen-bond donors (Lipinski definition) is 1. The molecule has 3 heterocycles. The number of rotatable bonds is 8. The Labute approximate surface area is 219 Å². The van der Waals surface area contributed by atoms with Crippen molar-refractivity contribution in [3.8, 4) is 23.0 Å². The van der Waals surface area contributed by atoms with Gasteiger partial charge in [-0.2, -0.15) is 4.98 Å². The Hall–Kier alpha value is -4.31. The van der Waals surface area contributed by atoms with Crippen molar-refractivity contribution in [1.29, 1.82) is 0 Å². The molecule has 1 unspecified atom stereocenters. The van der Waals surface area contributed by atoms with Crippen molar-refractivity contribution >= 4 is 11.8 Å². The first-order chi connectivity index (χ1) is 18.5. The van der Waals surface area contributed by atoms with E-state index in [1.54, 1.807) is 41.5 Å². The molecule has 5 rings (SSSR count). The Balaban J connectivity index is 1.16. The zero-order valence-electron chi connectivity index (χ0n) is 21.0. The third kappa shape index (κ3) is 5.97. The second kappa shape index (κ2) is 11.4. The number of benzene rings is 2. The molecule has 2 aromatic heterocycles. The van der Waals surface area contributed by atoms with Gasteiger partial charge in [0.15, 0.2) is 5.76 Å². The van der Waals surface area contributed by atoms with E-state index in [-0.39, 0.29) is 24.1 Å². The molecule has 1 aliphatic rings. The monoisotopic (exact) mass is 517 g/mol. The number of furan rings is 1.